The smallest absolute Gasteiger partial charge is 0.129 e. The molecule has 1 unspecified atom stereocenters. The van der Waals surface area contributed by atoms with Crippen molar-refractivity contribution in [2.24, 2.45) is 5.84 Å². The third-order valence-electron chi connectivity index (χ3n) is 3.16. The molecular weight excluding hydrogens is 277 g/mol. The Hall–Kier alpha value is -1.62. The van der Waals surface area contributed by atoms with Crippen molar-refractivity contribution in [2.75, 3.05) is 19.0 Å². The Balaban J connectivity index is 2.44. The number of nitrogens with two attached hydrogens (primary N) is 1. The number of anilines is 1. The molecular formula is C15H17ClFN3. The highest BCUT2D eigenvalue weighted by Crippen LogP contribution is 2.27. The van der Waals surface area contributed by atoms with Crippen molar-refractivity contribution in [3.8, 4) is 0 Å². The van der Waals surface area contributed by atoms with Gasteiger partial charge in [0, 0.05) is 30.4 Å². The molecule has 5 heteroatoms. The molecule has 0 heterocycles. The second-order valence-corrected chi connectivity index (χ2v) is 5.19. The summed E-state index contributed by atoms with van der Waals surface area (Å²) in [5.41, 5.74) is 5.04. The van der Waals surface area contributed by atoms with E-state index < -0.39 is 6.04 Å². The monoisotopic (exact) mass is 293 g/mol. The number of benzene rings is 2. The zero-order valence-corrected chi connectivity index (χ0v) is 12.2. The van der Waals surface area contributed by atoms with Gasteiger partial charge in [-0.25, -0.2) is 9.82 Å². The van der Waals surface area contributed by atoms with E-state index in [4.69, 9.17) is 17.4 Å². The molecule has 2 aromatic carbocycles. The van der Waals surface area contributed by atoms with Gasteiger partial charge in [0.2, 0.25) is 0 Å². The van der Waals surface area contributed by atoms with Crippen LogP contribution >= 0.6 is 11.6 Å². The molecule has 20 heavy (non-hydrogen) atoms. The molecule has 0 amide bonds. The molecule has 0 saturated heterocycles. The molecule has 0 radical (unpaired) electrons. The van der Waals surface area contributed by atoms with E-state index in [1.54, 1.807) is 12.1 Å². The number of nitrogens with one attached hydrogen (secondary N) is 1. The maximum atomic E-state index is 14.0. The van der Waals surface area contributed by atoms with E-state index >= 15 is 0 Å². The zero-order valence-electron chi connectivity index (χ0n) is 11.4. The molecule has 0 aliphatic rings. The molecule has 106 valence electrons. The highest BCUT2D eigenvalue weighted by atomic mass is 35.5. The van der Waals surface area contributed by atoms with Gasteiger partial charge in [0.1, 0.15) is 5.82 Å². The predicted molar refractivity (Wildman–Crippen MR) is 81.3 cm³/mol. The molecule has 2 rings (SSSR count). The molecule has 0 bridgehead atoms. The van der Waals surface area contributed by atoms with Crippen LogP contribution in [0.25, 0.3) is 0 Å². The van der Waals surface area contributed by atoms with Crippen LogP contribution in [-0.2, 0) is 0 Å². The summed E-state index contributed by atoms with van der Waals surface area (Å²) in [5, 5.41) is 0.365. The molecule has 0 spiro atoms. The quantitative estimate of drug-likeness (QED) is 0.672. The van der Waals surface area contributed by atoms with Crippen LogP contribution in [0.3, 0.4) is 0 Å². The first-order valence-corrected chi connectivity index (χ1v) is 6.59. The number of halogens is 2. The molecule has 0 fully saturated rings. The lowest BCUT2D eigenvalue weighted by molar-refractivity contribution is 0.560. The summed E-state index contributed by atoms with van der Waals surface area (Å²) in [7, 11) is 3.90. The fourth-order valence-electron chi connectivity index (χ4n) is 2.08. The van der Waals surface area contributed by atoms with Gasteiger partial charge >= 0.3 is 0 Å². The molecule has 3 nitrogen and oxygen atoms in total. The summed E-state index contributed by atoms with van der Waals surface area (Å²) in [6.07, 6.45) is 0. The topological polar surface area (TPSA) is 41.3 Å². The Bertz CT molecular complexity index is 601. The van der Waals surface area contributed by atoms with E-state index in [1.807, 2.05) is 43.3 Å². The lowest BCUT2D eigenvalue weighted by Gasteiger charge is -2.20. The Morgan fingerprint density at radius 3 is 2.55 bits per heavy atom. The largest absolute Gasteiger partial charge is 0.378 e. The average molecular weight is 294 g/mol. The van der Waals surface area contributed by atoms with Crippen molar-refractivity contribution >= 4 is 17.3 Å². The number of hydrogen-bond acceptors (Lipinski definition) is 3. The summed E-state index contributed by atoms with van der Waals surface area (Å²) < 4.78 is 14.0. The number of hydrogen-bond donors (Lipinski definition) is 2. The van der Waals surface area contributed by atoms with Gasteiger partial charge in [-0.1, -0.05) is 29.8 Å². The van der Waals surface area contributed by atoms with Crippen LogP contribution in [-0.4, -0.2) is 14.1 Å². The first-order valence-electron chi connectivity index (χ1n) is 6.21. The van der Waals surface area contributed by atoms with Crippen LogP contribution < -0.4 is 16.2 Å². The fraction of sp³-hybridized carbons (Fsp3) is 0.200. The summed E-state index contributed by atoms with van der Waals surface area (Å²) in [6, 6.07) is 11.9. The Morgan fingerprint density at radius 1 is 1.20 bits per heavy atom. The summed E-state index contributed by atoms with van der Waals surface area (Å²) in [6.45, 7) is 0. The standard InChI is InChI=1S/C15H17ClFN3/c1-20(2)12-5-3-4-10(8-12)15(19-18)13-7-6-11(16)9-14(13)17/h3-9,15,19H,18H2,1-2H3. The van der Waals surface area contributed by atoms with Crippen LogP contribution in [0.15, 0.2) is 42.5 Å². The van der Waals surface area contributed by atoms with Crippen molar-refractivity contribution in [1.29, 1.82) is 0 Å². The molecule has 2 aromatic rings. The van der Waals surface area contributed by atoms with E-state index in [0.29, 0.717) is 10.6 Å². The van der Waals surface area contributed by atoms with Crippen LogP contribution in [0.2, 0.25) is 5.02 Å². The van der Waals surface area contributed by atoms with Gasteiger partial charge in [-0.2, -0.15) is 0 Å². The fourth-order valence-corrected chi connectivity index (χ4v) is 2.24. The van der Waals surface area contributed by atoms with Crippen LogP contribution in [0, 0.1) is 5.82 Å². The molecule has 0 aliphatic carbocycles. The number of hydrazine groups is 1. The van der Waals surface area contributed by atoms with Crippen molar-refractivity contribution in [2.45, 2.75) is 6.04 Å². The lowest BCUT2D eigenvalue weighted by Crippen LogP contribution is -2.29. The van der Waals surface area contributed by atoms with Gasteiger partial charge in [-0.3, -0.25) is 5.84 Å². The molecule has 3 N–H and O–H groups in total. The van der Waals surface area contributed by atoms with E-state index in [1.165, 1.54) is 6.07 Å². The number of rotatable bonds is 4. The second-order valence-electron chi connectivity index (χ2n) is 4.75. The Labute approximate surface area is 123 Å². The molecule has 1 atom stereocenters. The third kappa shape index (κ3) is 3.10. The van der Waals surface area contributed by atoms with Crippen LogP contribution in [0.1, 0.15) is 17.2 Å². The Morgan fingerprint density at radius 2 is 1.95 bits per heavy atom. The first kappa shape index (κ1) is 14.8. The van der Waals surface area contributed by atoms with Crippen molar-refractivity contribution in [3.05, 3.63) is 64.4 Å². The summed E-state index contributed by atoms with van der Waals surface area (Å²) in [5.74, 6) is 5.23. The van der Waals surface area contributed by atoms with E-state index in [0.717, 1.165) is 11.3 Å². The first-order chi connectivity index (χ1) is 9.52. The van der Waals surface area contributed by atoms with Crippen molar-refractivity contribution < 1.29 is 4.39 Å². The third-order valence-corrected chi connectivity index (χ3v) is 3.40. The van der Waals surface area contributed by atoms with Gasteiger partial charge in [0.15, 0.2) is 0 Å². The minimum Gasteiger partial charge on any atom is -0.378 e. The van der Waals surface area contributed by atoms with Gasteiger partial charge in [0.05, 0.1) is 6.04 Å². The normalized spacial score (nSPS) is 12.2. The zero-order chi connectivity index (χ0) is 14.7. The highest BCUT2D eigenvalue weighted by molar-refractivity contribution is 6.30. The molecule has 0 aliphatic heterocycles. The van der Waals surface area contributed by atoms with Crippen molar-refractivity contribution in [1.82, 2.24) is 5.43 Å². The maximum absolute atomic E-state index is 14.0. The van der Waals surface area contributed by atoms with Crippen LogP contribution in [0.4, 0.5) is 10.1 Å². The molecule has 0 aromatic heterocycles. The second kappa shape index (κ2) is 6.22. The van der Waals surface area contributed by atoms with E-state index in [9.17, 15) is 4.39 Å². The SMILES string of the molecule is CN(C)c1cccc(C(NN)c2ccc(Cl)cc2F)c1. The highest BCUT2D eigenvalue weighted by Gasteiger charge is 2.17. The number of nitrogens with zero attached hydrogens (tertiary/aromatic N) is 1. The van der Waals surface area contributed by atoms with Crippen molar-refractivity contribution in [3.63, 3.8) is 0 Å². The van der Waals surface area contributed by atoms with Gasteiger partial charge in [0.25, 0.3) is 0 Å². The minimum absolute atomic E-state index is 0.365. The summed E-state index contributed by atoms with van der Waals surface area (Å²) in [4.78, 5) is 1.98. The average Bonchev–Trinajstić information content (AvgIpc) is 2.42. The predicted octanol–water partition coefficient (Wildman–Crippen LogP) is 3.10. The van der Waals surface area contributed by atoms with Gasteiger partial charge in [-0.15, -0.1) is 0 Å². The lowest BCUT2D eigenvalue weighted by atomic mass is 9.98. The van der Waals surface area contributed by atoms with Crippen LogP contribution in [0.5, 0.6) is 0 Å². The summed E-state index contributed by atoms with van der Waals surface area (Å²) >= 11 is 5.78. The minimum atomic E-state index is -0.424. The molecule has 0 saturated carbocycles. The van der Waals surface area contributed by atoms with E-state index in [2.05, 4.69) is 5.43 Å². The Kier molecular flexibility index (Phi) is 4.60. The van der Waals surface area contributed by atoms with E-state index in [-0.39, 0.29) is 5.82 Å². The van der Waals surface area contributed by atoms with Gasteiger partial charge < -0.3 is 4.90 Å². The maximum Gasteiger partial charge on any atom is 0.129 e. The van der Waals surface area contributed by atoms with Gasteiger partial charge in [-0.05, 0) is 29.8 Å².